The van der Waals surface area contributed by atoms with E-state index in [4.69, 9.17) is 16.9 Å². The zero-order valence-corrected chi connectivity index (χ0v) is 9.89. The van der Waals surface area contributed by atoms with Crippen LogP contribution in [0, 0.1) is 11.3 Å². The second-order valence-corrected chi connectivity index (χ2v) is 3.56. The van der Waals surface area contributed by atoms with E-state index in [9.17, 15) is 18.0 Å². The van der Waals surface area contributed by atoms with Gasteiger partial charge >= 0.3 is 12.1 Å². The fourth-order valence-corrected chi connectivity index (χ4v) is 1.59. The molecular formula is C11H7ClF3NO2. The second kappa shape index (κ2) is 5.27. The highest BCUT2D eigenvalue weighted by Crippen LogP contribution is 2.34. The predicted molar refractivity (Wildman–Crippen MR) is 57.1 cm³/mol. The maximum absolute atomic E-state index is 12.8. The van der Waals surface area contributed by atoms with Crippen molar-refractivity contribution in [2.45, 2.75) is 12.1 Å². The van der Waals surface area contributed by atoms with E-state index >= 15 is 0 Å². The van der Waals surface area contributed by atoms with Crippen molar-refractivity contribution in [2.24, 2.45) is 0 Å². The summed E-state index contributed by atoms with van der Waals surface area (Å²) in [6, 6.07) is 3.22. The summed E-state index contributed by atoms with van der Waals surface area (Å²) in [4.78, 5) is 11.3. The number of carbonyl (C=O) groups is 1. The molecule has 0 unspecified atom stereocenters. The minimum Gasteiger partial charge on any atom is -0.465 e. The van der Waals surface area contributed by atoms with Gasteiger partial charge in [-0.05, 0) is 17.7 Å². The van der Waals surface area contributed by atoms with E-state index in [2.05, 4.69) is 4.74 Å². The Balaban J connectivity index is 3.58. The maximum Gasteiger partial charge on any atom is 0.417 e. The van der Waals surface area contributed by atoms with Gasteiger partial charge in [-0.15, -0.1) is 11.6 Å². The molecule has 0 N–H and O–H groups in total. The summed E-state index contributed by atoms with van der Waals surface area (Å²) in [6.07, 6.45) is -4.72. The molecule has 0 aliphatic carbocycles. The van der Waals surface area contributed by atoms with Gasteiger partial charge in [-0.25, -0.2) is 4.79 Å². The Morgan fingerprint density at radius 2 is 2.11 bits per heavy atom. The highest BCUT2D eigenvalue weighted by atomic mass is 35.5. The minimum atomic E-state index is -4.72. The fourth-order valence-electron chi connectivity index (χ4n) is 1.37. The monoisotopic (exact) mass is 277 g/mol. The average Bonchev–Trinajstić information content (AvgIpc) is 2.34. The lowest BCUT2D eigenvalue weighted by Gasteiger charge is -2.13. The number of alkyl halides is 4. The summed E-state index contributed by atoms with van der Waals surface area (Å²) in [7, 11) is 0.962. The maximum atomic E-state index is 12.8. The van der Waals surface area contributed by atoms with Gasteiger partial charge in [-0.3, -0.25) is 0 Å². The molecular weight excluding hydrogens is 271 g/mol. The molecule has 0 spiro atoms. The number of nitriles is 1. The molecule has 18 heavy (non-hydrogen) atoms. The van der Waals surface area contributed by atoms with E-state index in [-0.39, 0.29) is 17.0 Å². The van der Waals surface area contributed by atoms with Gasteiger partial charge in [0.05, 0.1) is 29.9 Å². The van der Waals surface area contributed by atoms with Crippen LogP contribution in [0.5, 0.6) is 0 Å². The number of rotatable bonds is 2. The molecule has 0 bridgehead atoms. The van der Waals surface area contributed by atoms with E-state index < -0.39 is 23.3 Å². The molecule has 0 aliphatic rings. The second-order valence-electron chi connectivity index (χ2n) is 3.29. The SMILES string of the molecule is COC(=O)c1cc(C#N)c(CCl)cc1C(F)(F)F. The van der Waals surface area contributed by atoms with E-state index in [0.717, 1.165) is 13.2 Å². The standard InChI is InChI=1S/C11H7ClF3NO2/c1-18-10(17)8-2-7(5-16)6(4-12)3-9(8)11(13,14)15/h2-3H,4H2,1H3. The van der Waals surface area contributed by atoms with E-state index in [0.29, 0.717) is 6.07 Å². The van der Waals surface area contributed by atoms with Crippen molar-refractivity contribution in [1.82, 2.24) is 0 Å². The van der Waals surface area contributed by atoms with Crippen molar-refractivity contribution in [1.29, 1.82) is 5.26 Å². The van der Waals surface area contributed by atoms with Gasteiger partial charge in [-0.2, -0.15) is 18.4 Å². The molecule has 1 rings (SSSR count). The molecule has 0 radical (unpaired) electrons. The number of hydrogen-bond acceptors (Lipinski definition) is 3. The molecule has 0 atom stereocenters. The van der Waals surface area contributed by atoms with Gasteiger partial charge in [-0.1, -0.05) is 0 Å². The molecule has 0 aliphatic heterocycles. The number of carbonyl (C=O) groups excluding carboxylic acids is 1. The zero-order chi connectivity index (χ0) is 13.9. The van der Waals surface area contributed by atoms with Crippen LogP contribution in [0.15, 0.2) is 12.1 Å². The summed E-state index contributed by atoms with van der Waals surface area (Å²) < 4.78 is 42.6. The Hall–Kier alpha value is -1.74. The topological polar surface area (TPSA) is 50.1 Å². The average molecular weight is 278 g/mol. The smallest absolute Gasteiger partial charge is 0.417 e. The van der Waals surface area contributed by atoms with Crippen molar-refractivity contribution in [3.05, 3.63) is 34.4 Å². The van der Waals surface area contributed by atoms with Crippen LogP contribution in [-0.4, -0.2) is 13.1 Å². The summed E-state index contributed by atoms with van der Waals surface area (Å²) in [5.74, 6) is -1.41. The fraction of sp³-hybridized carbons (Fsp3) is 0.273. The van der Waals surface area contributed by atoms with Gasteiger partial charge in [0.2, 0.25) is 0 Å². The van der Waals surface area contributed by atoms with E-state index in [1.54, 1.807) is 6.07 Å². The summed E-state index contributed by atoms with van der Waals surface area (Å²) in [6.45, 7) is 0. The number of methoxy groups -OCH3 is 1. The number of ether oxygens (including phenoxy) is 1. The number of halogens is 4. The third-order valence-electron chi connectivity index (χ3n) is 2.22. The first kappa shape index (κ1) is 14.3. The molecule has 1 aromatic rings. The Morgan fingerprint density at radius 3 is 2.50 bits per heavy atom. The largest absolute Gasteiger partial charge is 0.465 e. The highest BCUT2D eigenvalue weighted by molar-refractivity contribution is 6.17. The van der Waals surface area contributed by atoms with Gasteiger partial charge in [0.15, 0.2) is 0 Å². The normalized spacial score (nSPS) is 10.9. The Bertz CT molecular complexity index is 520. The van der Waals surface area contributed by atoms with Crippen molar-refractivity contribution < 1.29 is 22.7 Å². The van der Waals surface area contributed by atoms with Crippen molar-refractivity contribution in [3.8, 4) is 6.07 Å². The van der Waals surface area contributed by atoms with Gasteiger partial charge in [0, 0.05) is 5.88 Å². The lowest BCUT2D eigenvalue weighted by Crippen LogP contribution is -2.15. The van der Waals surface area contributed by atoms with Crippen LogP contribution < -0.4 is 0 Å². The van der Waals surface area contributed by atoms with Gasteiger partial charge in [0.25, 0.3) is 0 Å². The van der Waals surface area contributed by atoms with E-state index in [1.165, 1.54) is 0 Å². The van der Waals surface area contributed by atoms with Crippen LogP contribution in [0.4, 0.5) is 13.2 Å². The van der Waals surface area contributed by atoms with Crippen LogP contribution in [0.25, 0.3) is 0 Å². The van der Waals surface area contributed by atoms with E-state index in [1.807, 2.05) is 0 Å². The molecule has 0 fully saturated rings. The molecule has 7 heteroatoms. The number of hydrogen-bond donors (Lipinski definition) is 0. The van der Waals surface area contributed by atoms with Crippen LogP contribution in [0.3, 0.4) is 0 Å². The molecule has 0 saturated heterocycles. The van der Waals surface area contributed by atoms with Crippen molar-refractivity contribution in [2.75, 3.05) is 7.11 Å². The molecule has 0 saturated carbocycles. The minimum absolute atomic E-state index is 0.0131. The lowest BCUT2D eigenvalue weighted by molar-refractivity contribution is -0.138. The van der Waals surface area contributed by atoms with Crippen molar-refractivity contribution >= 4 is 17.6 Å². The third-order valence-corrected chi connectivity index (χ3v) is 2.51. The Kier molecular flexibility index (Phi) is 4.19. The van der Waals surface area contributed by atoms with Gasteiger partial charge < -0.3 is 4.74 Å². The van der Waals surface area contributed by atoms with Crippen LogP contribution >= 0.6 is 11.6 Å². The number of esters is 1. The summed E-state index contributed by atoms with van der Waals surface area (Å²) >= 11 is 5.46. The Morgan fingerprint density at radius 1 is 1.50 bits per heavy atom. The van der Waals surface area contributed by atoms with Crippen LogP contribution in [-0.2, 0) is 16.8 Å². The number of benzene rings is 1. The summed E-state index contributed by atoms with van der Waals surface area (Å²) in [5, 5.41) is 8.78. The lowest BCUT2D eigenvalue weighted by atomic mass is 9.99. The van der Waals surface area contributed by atoms with Crippen LogP contribution in [0.1, 0.15) is 27.0 Å². The van der Waals surface area contributed by atoms with Crippen LogP contribution in [0.2, 0.25) is 0 Å². The Labute approximate surface area is 106 Å². The first-order valence-corrected chi connectivity index (χ1v) is 5.17. The molecule has 1 aromatic carbocycles. The quantitative estimate of drug-likeness (QED) is 0.616. The summed E-state index contributed by atoms with van der Waals surface area (Å²) in [5.41, 5.74) is -1.93. The first-order chi connectivity index (χ1) is 8.35. The highest BCUT2D eigenvalue weighted by Gasteiger charge is 2.36. The molecule has 0 heterocycles. The predicted octanol–water partition coefficient (Wildman–Crippen LogP) is 3.10. The first-order valence-electron chi connectivity index (χ1n) is 4.63. The van der Waals surface area contributed by atoms with Gasteiger partial charge in [0.1, 0.15) is 0 Å². The zero-order valence-electron chi connectivity index (χ0n) is 9.14. The molecule has 3 nitrogen and oxygen atoms in total. The molecule has 96 valence electrons. The molecule has 0 aromatic heterocycles. The number of nitrogens with zero attached hydrogens (tertiary/aromatic N) is 1. The molecule has 0 amide bonds. The third kappa shape index (κ3) is 2.74. The van der Waals surface area contributed by atoms with Crippen molar-refractivity contribution in [3.63, 3.8) is 0 Å².